The minimum atomic E-state index is -1.83. The first kappa shape index (κ1) is 17.9. The molecule has 0 N–H and O–H groups in total. The molecule has 2 unspecified atom stereocenters. The molecule has 0 bridgehead atoms. The first-order valence-electron chi connectivity index (χ1n) is 7.44. The number of hydrogen-bond acceptors (Lipinski definition) is 1. The standard InChI is InChI=1S/C16H34OSi/c1-10-15(7)18(14(5)6,16(8,9)11-2)17-12-13(3)4/h14-15H,3,10-12H2,1-2,4-9H3. The molecule has 1 nitrogen and oxygen atoms in total. The largest absolute Gasteiger partial charge is 0.412 e. The van der Waals surface area contributed by atoms with Gasteiger partial charge in [0.2, 0.25) is 8.32 Å². The summed E-state index contributed by atoms with van der Waals surface area (Å²) in [6.45, 7) is 23.3. The molecule has 0 radical (unpaired) electrons. The Kier molecular flexibility index (Phi) is 6.87. The van der Waals surface area contributed by atoms with E-state index in [9.17, 15) is 0 Å². The maximum Gasteiger partial charge on any atom is 0.204 e. The third-order valence-electron chi connectivity index (χ3n) is 4.70. The van der Waals surface area contributed by atoms with Crippen molar-refractivity contribution in [2.45, 2.75) is 84.4 Å². The monoisotopic (exact) mass is 270 g/mol. The van der Waals surface area contributed by atoms with E-state index >= 15 is 0 Å². The summed E-state index contributed by atoms with van der Waals surface area (Å²) < 4.78 is 6.60. The predicted octanol–water partition coefficient (Wildman–Crippen LogP) is 5.92. The van der Waals surface area contributed by atoms with Crippen LogP contribution in [0.4, 0.5) is 0 Å². The smallest absolute Gasteiger partial charge is 0.204 e. The highest BCUT2D eigenvalue weighted by atomic mass is 28.4. The summed E-state index contributed by atoms with van der Waals surface area (Å²) in [7, 11) is -1.83. The van der Waals surface area contributed by atoms with Gasteiger partial charge in [-0.2, -0.15) is 0 Å². The third kappa shape index (κ3) is 3.48. The molecule has 0 aromatic heterocycles. The van der Waals surface area contributed by atoms with E-state index in [1.807, 2.05) is 0 Å². The zero-order chi connectivity index (χ0) is 14.6. The molecule has 0 aromatic rings. The summed E-state index contributed by atoms with van der Waals surface area (Å²) in [5.74, 6) is 0. The fourth-order valence-corrected chi connectivity index (χ4v) is 10.0. The Hall–Kier alpha value is -0.0831. The van der Waals surface area contributed by atoms with Crippen LogP contribution >= 0.6 is 0 Å². The van der Waals surface area contributed by atoms with Crippen molar-refractivity contribution in [3.63, 3.8) is 0 Å². The first-order chi connectivity index (χ1) is 8.15. The lowest BCUT2D eigenvalue weighted by molar-refractivity contribution is 0.280. The van der Waals surface area contributed by atoms with Crippen LogP contribution in [0.5, 0.6) is 0 Å². The molecule has 18 heavy (non-hydrogen) atoms. The minimum Gasteiger partial charge on any atom is -0.412 e. The van der Waals surface area contributed by atoms with Gasteiger partial charge in [0.15, 0.2) is 0 Å². The van der Waals surface area contributed by atoms with Crippen LogP contribution < -0.4 is 0 Å². The Morgan fingerprint density at radius 1 is 1.22 bits per heavy atom. The summed E-state index contributed by atoms with van der Waals surface area (Å²) in [6.07, 6.45) is 2.40. The molecule has 0 saturated heterocycles. The van der Waals surface area contributed by atoms with E-state index in [0.29, 0.717) is 16.1 Å². The molecule has 2 atom stereocenters. The average Bonchev–Trinajstić information content (AvgIpc) is 2.28. The van der Waals surface area contributed by atoms with E-state index < -0.39 is 8.32 Å². The Labute approximate surface area is 116 Å². The highest BCUT2D eigenvalue weighted by Gasteiger charge is 2.53. The molecule has 0 aromatic carbocycles. The summed E-state index contributed by atoms with van der Waals surface area (Å²) in [5, 5.41) is 0.312. The van der Waals surface area contributed by atoms with Gasteiger partial charge in [0.05, 0.1) is 6.61 Å². The Bertz CT molecular complexity index is 270. The van der Waals surface area contributed by atoms with Crippen molar-refractivity contribution in [3.05, 3.63) is 12.2 Å². The van der Waals surface area contributed by atoms with E-state index in [2.05, 4.69) is 62.0 Å². The lowest BCUT2D eigenvalue weighted by Crippen LogP contribution is -2.54. The highest BCUT2D eigenvalue weighted by molar-refractivity contribution is 6.79. The molecule has 0 fully saturated rings. The summed E-state index contributed by atoms with van der Waals surface area (Å²) in [4.78, 5) is 0. The van der Waals surface area contributed by atoms with Gasteiger partial charge in [-0.25, -0.2) is 0 Å². The van der Waals surface area contributed by atoms with Gasteiger partial charge in [0, 0.05) is 0 Å². The lowest BCUT2D eigenvalue weighted by atomic mass is 10.1. The van der Waals surface area contributed by atoms with Gasteiger partial charge >= 0.3 is 0 Å². The molecule has 0 aliphatic heterocycles. The fraction of sp³-hybridized carbons (Fsp3) is 0.875. The van der Waals surface area contributed by atoms with Crippen LogP contribution in [0.3, 0.4) is 0 Å². The third-order valence-corrected chi connectivity index (χ3v) is 11.4. The molecule has 0 aliphatic rings. The van der Waals surface area contributed by atoms with Gasteiger partial charge in [-0.3, -0.25) is 0 Å². The van der Waals surface area contributed by atoms with Crippen LogP contribution in [0.1, 0.15) is 68.2 Å². The Morgan fingerprint density at radius 2 is 1.72 bits per heavy atom. The van der Waals surface area contributed by atoms with Crippen LogP contribution in [0.25, 0.3) is 0 Å². The van der Waals surface area contributed by atoms with Crippen LogP contribution in [0.2, 0.25) is 16.1 Å². The van der Waals surface area contributed by atoms with E-state index in [-0.39, 0.29) is 0 Å². The summed E-state index contributed by atoms with van der Waals surface area (Å²) in [5.41, 5.74) is 2.47. The second-order valence-corrected chi connectivity index (χ2v) is 12.1. The van der Waals surface area contributed by atoms with Gasteiger partial charge in [-0.1, -0.05) is 73.5 Å². The summed E-state index contributed by atoms with van der Waals surface area (Å²) in [6, 6.07) is 0. The van der Waals surface area contributed by atoms with Crippen molar-refractivity contribution in [1.82, 2.24) is 0 Å². The zero-order valence-electron chi connectivity index (χ0n) is 13.9. The van der Waals surface area contributed by atoms with Crippen LogP contribution in [-0.2, 0) is 4.43 Å². The van der Waals surface area contributed by atoms with Gasteiger partial charge in [0.1, 0.15) is 0 Å². The quantitative estimate of drug-likeness (QED) is 0.392. The molecule has 0 heterocycles. The normalized spacial score (nSPS) is 17.6. The first-order valence-corrected chi connectivity index (χ1v) is 9.50. The van der Waals surface area contributed by atoms with Crippen LogP contribution in [0.15, 0.2) is 12.2 Å². The number of hydrogen-bond donors (Lipinski definition) is 0. The lowest BCUT2D eigenvalue weighted by Gasteiger charge is -2.50. The average molecular weight is 271 g/mol. The Morgan fingerprint density at radius 3 is 2.00 bits per heavy atom. The molecule has 2 heteroatoms. The van der Waals surface area contributed by atoms with Gasteiger partial charge in [0.25, 0.3) is 0 Å². The van der Waals surface area contributed by atoms with Crippen LogP contribution in [0, 0.1) is 0 Å². The molecule has 0 rings (SSSR count). The number of rotatable bonds is 8. The molecular formula is C16H34OSi. The second kappa shape index (κ2) is 6.90. The van der Waals surface area contributed by atoms with E-state index in [1.165, 1.54) is 12.8 Å². The fourth-order valence-electron chi connectivity index (χ4n) is 3.34. The molecule has 0 amide bonds. The molecular weight excluding hydrogens is 236 g/mol. The second-order valence-electron chi connectivity index (χ2n) is 6.74. The molecule has 0 aliphatic carbocycles. The van der Waals surface area contributed by atoms with E-state index in [0.717, 1.165) is 12.2 Å². The van der Waals surface area contributed by atoms with Crippen molar-refractivity contribution < 1.29 is 4.43 Å². The van der Waals surface area contributed by atoms with Crippen molar-refractivity contribution in [2.75, 3.05) is 6.61 Å². The van der Waals surface area contributed by atoms with Crippen molar-refractivity contribution in [3.8, 4) is 0 Å². The van der Waals surface area contributed by atoms with Crippen LogP contribution in [-0.4, -0.2) is 14.9 Å². The Balaban J connectivity index is 5.50. The predicted molar refractivity (Wildman–Crippen MR) is 85.7 cm³/mol. The minimum absolute atomic E-state index is 0.312. The van der Waals surface area contributed by atoms with E-state index in [4.69, 9.17) is 4.43 Å². The highest BCUT2D eigenvalue weighted by Crippen LogP contribution is 2.54. The topological polar surface area (TPSA) is 9.23 Å². The van der Waals surface area contributed by atoms with Gasteiger partial charge in [-0.15, -0.1) is 0 Å². The molecule has 0 saturated carbocycles. The zero-order valence-corrected chi connectivity index (χ0v) is 14.9. The van der Waals surface area contributed by atoms with Gasteiger partial charge < -0.3 is 4.43 Å². The molecule has 0 spiro atoms. The van der Waals surface area contributed by atoms with Crippen molar-refractivity contribution in [2.24, 2.45) is 0 Å². The SMILES string of the molecule is C=C(C)CO[Si](C(C)C)(C(C)CC)C(C)(C)CC. The van der Waals surface area contributed by atoms with Crippen molar-refractivity contribution >= 4 is 8.32 Å². The van der Waals surface area contributed by atoms with Gasteiger partial charge in [-0.05, 0) is 23.0 Å². The summed E-state index contributed by atoms with van der Waals surface area (Å²) >= 11 is 0. The molecule has 108 valence electrons. The maximum absolute atomic E-state index is 6.60. The maximum atomic E-state index is 6.60. The van der Waals surface area contributed by atoms with E-state index in [1.54, 1.807) is 0 Å². The van der Waals surface area contributed by atoms with Crippen molar-refractivity contribution in [1.29, 1.82) is 0 Å².